The zero-order valence-corrected chi connectivity index (χ0v) is 17.1. The van der Waals surface area contributed by atoms with Crippen molar-refractivity contribution in [3.8, 4) is 22.6 Å². The molecule has 4 rings (SSSR count). The lowest BCUT2D eigenvalue weighted by molar-refractivity contribution is 0.0511. The molecule has 0 saturated carbocycles. The SMILES string of the molecule is COc1cnccc1-c1ccc(OCC(O)CN2CCC(F)CC2)c2ccccc12. The first-order valence-corrected chi connectivity index (χ1v) is 10.3. The van der Waals surface area contributed by atoms with Crippen LogP contribution in [0.15, 0.2) is 54.9 Å². The third-order valence-corrected chi connectivity index (χ3v) is 5.60. The van der Waals surface area contributed by atoms with Crippen LogP contribution in [0.1, 0.15) is 12.8 Å². The van der Waals surface area contributed by atoms with Gasteiger partial charge >= 0.3 is 0 Å². The topological polar surface area (TPSA) is 54.8 Å². The number of β-amino-alcohol motifs (C(OH)–C–C–N with tert-alkyl or cyclic N) is 1. The van der Waals surface area contributed by atoms with Gasteiger partial charge in [0.2, 0.25) is 0 Å². The third-order valence-electron chi connectivity index (χ3n) is 5.60. The van der Waals surface area contributed by atoms with Crippen LogP contribution in [0.5, 0.6) is 11.5 Å². The van der Waals surface area contributed by atoms with Crippen molar-refractivity contribution in [2.24, 2.45) is 0 Å². The number of methoxy groups -OCH3 is 1. The van der Waals surface area contributed by atoms with Gasteiger partial charge in [-0.2, -0.15) is 0 Å². The number of aliphatic hydroxyl groups excluding tert-OH is 1. The molecule has 2 aromatic carbocycles. The van der Waals surface area contributed by atoms with Gasteiger partial charge in [0.1, 0.15) is 30.4 Å². The molecule has 1 saturated heterocycles. The zero-order valence-electron chi connectivity index (χ0n) is 17.1. The summed E-state index contributed by atoms with van der Waals surface area (Å²) in [5.74, 6) is 1.44. The molecular weight excluding hydrogens is 383 g/mol. The fourth-order valence-electron chi connectivity index (χ4n) is 4.02. The summed E-state index contributed by atoms with van der Waals surface area (Å²) < 4.78 is 24.8. The number of nitrogens with zero attached hydrogens (tertiary/aromatic N) is 2. The van der Waals surface area contributed by atoms with Crippen LogP contribution >= 0.6 is 0 Å². The summed E-state index contributed by atoms with van der Waals surface area (Å²) in [5.41, 5.74) is 2.00. The van der Waals surface area contributed by atoms with E-state index in [2.05, 4.69) is 16.0 Å². The van der Waals surface area contributed by atoms with Gasteiger partial charge in [0.05, 0.1) is 13.3 Å². The van der Waals surface area contributed by atoms with E-state index in [-0.39, 0.29) is 6.61 Å². The number of rotatable bonds is 7. The number of pyridine rings is 1. The number of hydrogen-bond acceptors (Lipinski definition) is 5. The molecule has 2 heterocycles. The van der Waals surface area contributed by atoms with Gasteiger partial charge in [0.15, 0.2) is 0 Å². The van der Waals surface area contributed by atoms with Crippen molar-refractivity contribution < 1.29 is 19.0 Å². The van der Waals surface area contributed by atoms with Crippen molar-refractivity contribution in [1.82, 2.24) is 9.88 Å². The van der Waals surface area contributed by atoms with Gasteiger partial charge in [0, 0.05) is 36.8 Å². The summed E-state index contributed by atoms with van der Waals surface area (Å²) in [6.07, 6.45) is 3.20. The number of piperidine rings is 1. The summed E-state index contributed by atoms with van der Waals surface area (Å²) in [6, 6.07) is 13.9. The minimum Gasteiger partial charge on any atom is -0.494 e. The zero-order chi connectivity index (χ0) is 20.9. The fraction of sp³-hybridized carbons (Fsp3) is 0.375. The Kier molecular flexibility index (Phi) is 6.45. The smallest absolute Gasteiger partial charge is 0.144 e. The highest BCUT2D eigenvalue weighted by molar-refractivity contribution is 6.01. The van der Waals surface area contributed by atoms with E-state index in [1.165, 1.54) is 0 Å². The van der Waals surface area contributed by atoms with Crippen molar-refractivity contribution in [3.05, 3.63) is 54.9 Å². The predicted molar refractivity (Wildman–Crippen MR) is 116 cm³/mol. The number of alkyl halides is 1. The maximum Gasteiger partial charge on any atom is 0.144 e. The molecule has 0 amide bonds. The minimum atomic E-state index is -0.710. The molecule has 1 aliphatic heterocycles. The van der Waals surface area contributed by atoms with Gasteiger partial charge in [-0.05, 0) is 42.0 Å². The number of fused-ring (bicyclic) bond motifs is 1. The highest BCUT2D eigenvalue weighted by atomic mass is 19.1. The van der Waals surface area contributed by atoms with E-state index in [4.69, 9.17) is 9.47 Å². The Morgan fingerprint density at radius 2 is 1.83 bits per heavy atom. The summed E-state index contributed by atoms with van der Waals surface area (Å²) in [4.78, 5) is 6.24. The van der Waals surface area contributed by atoms with Crippen LogP contribution in [0.2, 0.25) is 0 Å². The van der Waals surface area contributed by atoms with Crippen LogP contribution in [0.4, 0.5) is 4.39 Å². The molecule has 0 bridgehead atoms. The Bertz CT molecular complexity index is 989. The van der Waals surface area contributed by atoms with Crippen LogP contribution in [0.25, 0.3) is 21.9 Å². The molecule has 6 heteroatoms. The Labute approximate surface area is 176 Å². The lowest BCUT2D eigenvalue weighted by atomic mass is 9.98. The average molecular weight is 410 g/mol. The third kappa shape index (κ3) is 4.55. The highest BCUT2D eigenvalue weighted by Gasteiger charge is 2.21. The van der Waals surface area contributed by atoms with Crippen LogP contribution < -0.4 is 9.47 Å². The van der Waals surface area contributed by atoms with E-state index in [9.17, 15) is 9.50 Å². The monoisotopic (exact) mass is 410 g/mol. The molecule has 1 atom stereocenters. The standard InChI is InChI=1S/C24H27FN2O3/c1-29-24-14-26-11-8-22(24)20-6-7-23(21-5-3-2-4-19(20)21)30-16-18(28)15-27-12-9-17(25)10-13-27/h2-8,11,14,17-18,28H,9-10,12-13,15-16H2,1H3. The molecule has 0 radical (unpaired) electrons. The molecule has 1 aliphatic rings. The molecule has 0 spiro atoms. The first-order chi connectivity index (χ1) is 14.7. The number of ether oxygens (including phenoxy) is 2. The maximum absolute atomic E-state index is 13.3. The molecule has 1 N–H and O–H groups in total. The minimum absolute atomic E-state index is 0.192. The molecule has 5 nitrogen and oxygen atoms in total. The Hall–Kier alpha value is -2.70. The van der Waals surface area contributed by atoms with Gasteiger partial charge in [-0.3, -0.25) is 4.98 Å². The summed E-state index contributed by atoms with van der Waals surface area (Å²) >= 11 is 0. The van der Waals surface area contributed by atoms with E-state index >= 15 is 0 Å². The predicted octanol–water partition coefficient (Wildman–Crippen LogP) is 4.08. The van der Waals surface area contributed by atoms with Crippen molar-refractivity contribution >= 4 is 10.8 Å². The molecule has 1 aromatic heterocycles. The molecule has 1 unspecified atom stereocenters. The molecular formula is C24H27FN2O3. The van der Waals surface area contributed by atoms with Gasteiger partial charge < -0.3 is 19.5 Å². The largest absolute Gasteiger partial charge is 0.494 e. The number of halogens is 1. The number of likely N-dealkylation sites (tertiary alicyclic amines) is 1. The van der Waals surface area contributed by atoms with Crippen LogP contribution in [0.3, 0.4) is 0 Å². The second-order valence-corrected chi connectivity index (χ2v) is 7.67. The molecule has 3 aromatic rings. The lowest BCUT2D eigenvalue weighted by Crippen LogP contribution is -2.41. The number of benzene rings is 2. The second-order valence-electron chi connectivity index (χ2n) is 7.67. The van der Waals surface area contributed by atoms with E-state index in [0.717, 1.165) is 27.6 Å². The Balaban J connectivity index is 1.52. The van der Waals surface area contributed by atoms with Crippen molar-refractivity contribution in [1.29, 1.82) is 0 Å². The fourth-order valence-corrected chi connectivity index (χ4v) is 4.02. The number of hydrogen-bond donors (Lipinski definition) is 1. The first kappa shape index (κ1) is 20.6. The summed E-state index contributed by atoms with van der Waals surface area (Å²) in [5, 5.41) is 12.4. The van der Waals surface area contributed by atoms with Crippen LogP contribution in [-0.4, -0.2) is 60.6 Å². The maximum atomic E-state index is 13.3. The van der Waals surface area contributed by atoms with Gasteiger partial charge in [-0.1, -0.05) is 24.3 Å². The normalized spacial score (nSPS) is 16.5. The summed E-state index contributed by atoms with van der Waals surface area (Å²) in [6.45, 7) is 2.06. The number of aromatic nitrogens is 1. The van der Waals surface area contributed by atoms with Gasteiger partial charge in [0.25, 0.3) is 0 Å². The van der Waals surface area contributed by atoms with E-state index in [0.29, 0.717) is 38.2 Å². The molecule has 158 valence electrons. The highest BCUT2D eigenvalue weighted by Crippen LogP contribution is 2.38. The Morgan fingerprint density at radius 3 is 2.60 bits per heavy atom. The number of aliphatic hydroxyl groups is 1. The Morgan fingerprint density at radius 1 is 1.07 bits per heavy atom. The second kappa shape index (κ2) is 9.41. The van der Waals surface area contributed by atoms with Crippen molar-refractivity contribution in [2.45, 2.75) is 25.1 Å². The molecule has 0 aliphatic carbocycles. The first-order valence-electron chi connectivity index (χ1n) is 10.3. The van der Waals surface area contributed by atoms with E-state index in [1.54, 1.807) is 19.5 Å². The van der Waals surface area contributed by atoms with Gasteiger partial charge in [-0.25, -0.2) is 4.39 Å². The van der Waals surface area contributed by atoms with E-state index < -0.39 is 12.3 Å². The molecule has 30 heavy (non-hydrogen) atoms. The lowest BCUT2D eigenvalue weighted by Gasteiger charge is -2.30. The van der Waals surface area contributed by atoms with Gasteiger partial charge in [-0.15, -0.1) is 0 Å². The van der Waals surface area contributed by atoms with Crippen LogP contribution in [0, 0.1) is 0 Å². The van der Waals surface area contributed by atoms with Crippen molar-refractivity contribution in [2.75, 3.05) is 33.4 Å². The molecule has 1 fully saturated rings. The quantitative estimate of drug-likeness (QED) is 0.636. The summed E-state index contributed by atoms with van der Waals surface area (Å²) in [7, 11) is 1.64. The van der Waals surface area contributed by atoms with Crippen molar-refractivity contribution in [3.63, 3.8) is 0 Å². The van der Waals surface area contributed by atoms with E-state index in [1.807, 2.05) is 36.4 Å². The average Bonchev–Trinajstić information content (AvgIpc) is 2.79. The van der Waals surface area contributed by atoms with Crippen LogP contribution in [-0.2, 0) is 0 Å².